The molecule has 1 fully saturated rings. The summed E-state index contributed by atoms with van der Waals surface area (Å²) < 4.78 is 38.3. The number of urea groups is 1. The minimum absolute atomic E-state index is 0.170. The maximum absolute atomic E-state index is 14.0. The van der Waals surface area contributed by atoms with Crippen molar-refractivity contribution >= 4 is 22.0 Å². The number of nitrogens with one attached hydrogen (secondary N) is 2. The third-order valence-electron chi connectivity index (χ3n) is 4.27. The van der Waals surface area contributed by atoms with E-state index in [-0.39, 0.29) is 23.9 Å². The van der Waals surface area contributed by atoms with Gasteiger partial charge in [0, 0.05) is 24.7 Å². The second-order valence-electron chi connectivity index (χ2n) is 6.29. The Balaban J connectivity index is 1.96. The van der Waals surface area contributed by atoms with E-state index in [0.717, 1.165) is 6.26 Å². The Morgan fingerprint density at radius 3 is 2.46 bits per heavy atom. The number of amides is 3. The van der Waals surface area contributed by atoms with Gasteiger partial charge in [0.05, 0.1) is 18.7 Å². The molecule has 144 valence electrons. The topological polar surface area (TPSA) is 122 Å². The zero-order valence-electron chi connectivity index (χ0n) is 14.4. The van der Waals surface area contributed by atoms with Crippen LogP contribution in [0.4, 0.5) is 9.18 Å². The number of nitrogens with zero attached hydrogens (tertiary/aromatic N) is 1. The van der Waals surface area contributed by atoms with E-state index in [0.29, 0.717) is 25.9 Å². The molecule has 1 saturated heterocycles. The monoisotopic (exact) mass is 386 g/mol. The van der Waals surface area contributed by atoms with Gasteiger partial charge in [-0.2, -0.15) is 0 Å². The standard InChI is InChI=1S/C16H23FN4O4S/c1-26(24,25)21-8-6-11(7-9-21)19-15(22)10-14(20-16(18)23)12-4-2-3-5-13(12)17/h2-5,11,14H,6-10H2,1H3,(H,19,22)(H3,18,20,23). The number of primary amides is 1. The van der Waals surface area contributed by atoms with E-state index in [1.165, 1.54) is 22.5 Å². The van der Waals surface area contributed by atoms with Crippen molar-refractivity contribution in [1.29, 1.82) is 0 Å². The zero-order chi connectivity index (χ0) is 19.3. The van der Waals surface area contributed by atoms with Crippen LogP contribution in [-0.2, 0) is 14.8 Å². The van der Waals surface area contributed by atoms with Crippen LogP contribution >= 0.6 is 0 Å². The number of benzene rings is 1. The molecule has 26 heavy (non-hydrogen) atoms. The van der Waals surface area contributed by atoms with Crippen LogP contribution in [0.3, 0.4) is 0 Å². The van der Waals surface area contributed by atoms with Gasteiger partial charge in [0.1, 0.15) is 5.82 Å². The first-order valence-corrected chi connectivity index (χ1v) is 10.1. The average Bonchev–Trinajstić information content (AvgIpc) is 2.54. The van der Waals surface area contributed by atoms with Crippen LogP contribution in [0.1, 0.15) is 30.9 Å². The second-order valence-corrected chi connectivity index (χ2v) is 8.27. The van der Waals surface area contributed by atoms with Crippen LogP contribution in [0, 0.1) is 5.82 Å². The van der Waals surface area contributed by atoms with E-state index in [2.05, 4.69) is 10.6 Å². The lowest BCUT2D eigenvalue weighted by Crippen LogP contribution is -2.47. The predicted octanol–water partition coefficient (Wildman–Crippen LogP) is 0.465. The van der Waals surface area contributed by atoms with E-state index >= 15 is 0 Å². The summed E-state index contributed by atoms with van der Waals surface area (Å²) in [7, 11) is -3.23. The van der Waals surface area contributed by atoms with Gasteiger partial charge >= 0.3 is 6.03 Å². The molecule has 1 heterocycles. The Morgan fingerprint density at radius 1 is 1.31 bits per heavy atom. The first-order valence-electron chi connectivity index (χ1n) is 8.21. The summed E-state index contributed by atoms with van der Waals surface area (Å²) in [4.78, 5) is 23.5. The minimum Gasteiger partial charge on any atom is -0.353 e. The molecule has 4 N–H and O–H groups in total. The maximum Gasteiger partial charge on any atom is 0.312 e. The quantitative estimate of drug-likeness (QED) is 0.658. The van der Waals surface area contributed by atoms with Crippen LogP contribution in [-0.4, -0.2) is 50.0 Å². The highest BCUT2D eigenvalue weighted by atomic mass is 32.2. The van der Waals surface area contributed by atoms with Gasteiger partial charge in [0.15, 0.2) is 0 Å². The molecule has 1 aromatic carbocycles. The van der Waals surface area contributed by atoms with Gasteiger partial charge in [0.25, 0.3) is 0 Å². The molecule has 8 nitrogen and oxygen atoms in total. The Bertz CT molecular complexity index is 763. The summed E-state index contributed by atoms with van der Waals surface area (Å²) >= 11 is 0. The van der Waals surface area contributed by atoms with E-state index in [1.807, 2.05) is 0 Å². The fraction of sp³-hybridized carbons (Fsp3) is 0.500. The Morgan fingerprint density at radius 2 is 1.92 bits per heavy atom. The van der Waals surface area contributed by atoms with Gasteiger partial charge in [0.2, 0.25) is 15.9 Å². The predicted molar refractivity (Wildman–Crippen MR) is 94.1 cm³/mol. The van der Waals surface area contributed by atoms with E-state index in [1.54, 1.807) is 6.07 Å². The van der Waals surface area contributed by atoms with Gasteiger partial charge in [-0.05, 0) is 18.9 Å². The van der Waals surface area contributed by atoms with Gasteiger partial charge < -0.3 is 16.4 Å². The summed E-state index contributed by atoms with van der Waals surface area (Å²) in [6.07, 6.45) is 1.97. The van der Waals surface area contributed by atoms with Crippen molar-refractivity contribution in [3.63, 3.8) is 0 Å². The van der Waals surface area contributed by atoms with E-state index < -0.39 is 27.9 Å². The van der Waals surface area contributed by atoms with Crippen LogP contribution in [0.25, 0.3) is 0 Å². The number of carbonyl (C=O) groups excluding carboxylic acids is 2. The van der Waals surface area contributed by atoms with Crippen molar-refractivity contribution < 1.29 is 22.4 Å². The average molecular weight is 386 g/mol. The molecule has 0 spiro atoms. The minimum atomic E-state index is -3.23. The molecule has 0 saturated carbocycles. The van der Waals surface area contributed by atoms with Gasteiger partial charge in [-0.15, -0.1) is 0 Å². The van der Waals surface area contributed by atoms with E-state index in [9.17, 15) is 22.4 Å². The molecule has 3 amide bonds. The molecule has 0 radical (unpaired) electrons. The van der Waals surface area contributed by atoms with Crippen molar-refractivity contribution in [2.24, 2.45) is 5.73 Å². The number of halogens is 1. The first kappa shape index (κ1) is 20.1. The molecule has 0 aliphatic carbocycles. The Hall–Kier alpha value is -2.20. The van der Waals surface area contributed by atoms with Crippen molar-refractivity contribution in [2.75, 3.05) is 19.3 Å². The number of piperidine rings is 1. The number of hydrogen-bond donors (Lipinski definition) is 3. The van der Waals surface area contributed by atoms with Crippen molar-refractivity contribution in [3.05, 3.63) is 35.6 Å². The maximum atomic E-state index is 14.0. The molecule has 0 bridgehead atoms. The summed E-state index contributed by atoms with van der Waals surface area (Å²) in [6.45, 7) is 0.667. The van der Waals surface area contributed by atoms with Gasteiger partial charge in [-0.1, -0.05) is 18.2 Å². The summed E-state index contributed by atoms with van der Waals surface area (Å²) in [5, 5.41) is 5.19. The fourth-order valence-electron chi connectivity index (χ4n) is 2.97. The Kier molecular flexibility index (Phi) is 6.54. The highest BCUT2D eigenvalue weighted by Gasteiger charge is 2.27. The lowest BCUT2D eigenvalue weighted by molar-refractivity contribution is -0.122. The van der Waals surface area contributed by atoms with Crippen LogP contribution in [0.15, 0.2) is 24.3 Å². The molecule has 1 aromatic rings. The Labute approximate surface area is 152 Å². The summed E-state index contributed by atoms with van der Waals surface area (Å²) in [5.74, 6) is -0.912. The molecule has 1 atom stereocenters. The van der Waals surface area contributed by atoms with Gasteiger partial charge in [-0.25, -0.2) is 21.9 Å². The molecule has 1 unspecified atom stereocenters. The lowest BCUT2D eigenvalue weighted by Gasteiger charge is -2.31. The molecule has 0 aromatic heterocycles. The largest absolute Gasteiger partial charge is 0.353 e. The highest BCUT2D eigenvalue weighted by Crippen LogP contribution is 2.21. The van der Waals surface area contributed by atoms with Crippen LogP contribution < -0.4 is 16.4 Å². The molecular weight excluding hydrogens is 363 g/mol. The zero-order valence-corrected chi connectivity index (χ0v) is 15.3. The van der Waals surface area contributed by atoms with Crippen molar-refractivity contribution in [3.8, 4) is 0 Å². The van der Waals surface area contributed by atoms with Crippen LogP contribution in [0.2, 0.25) is 0 Å². The van der Waals surface area contributed by atoms with Gasteiger partial charge in [-0.3, -0.25) is 4.79 Å². The number of rotatable bonds is 6. The second kappa shape index (κ2) is 8.45. The lowest BCUT2D eigenvalue weighted by atomic mass is 10.0. The normalized spacial score (nSPS) is 17.5. The number of carbonyl (C=O) groups is 2. The van der Waals surface area contributed by atoms with E-state index in [4.69, 9.17) is 5.73 Å². The first-order chi connectivity index (χ1) is 12.2. The fourth-order valence-corrected chi connectivity index (χ4v) is 3.85. The molecule has 1 aliphatic heterocycles. The SMILES string of the molecule is CS(=O)(=O)N1CCC(NC(=O)CC(NC(N)=O)c2ccccc2F)CC1. The molecular formula is C16H23FN4O4S. The van der Waals surface area contributed by atoms with Crippen LogP contribution in [0.5, 0.6) is 0 Å². The third-order valence-corrected chi connectivity index (χ3v) is 5.58. The van der Waals surface area contributed by atoms with Crippen molar-refractivity contribution in [2.45, 2.75) is 31.3 Å². The number of nitrogens with two attached hydrogens (primary N) is 1. The summed E-state index contributed by atoms with van der Waals surface area (Å²) in [5.41, 5.74) is 5.30. The third kappa shape index (κ3) is 5.67. The molecule has 2 rings (SSSR count). The molecule has 1 aliphatic rings. The summed E-state index contributed by atoms with van der Waals surface area (Å²) in [6, 6.07) is 3.92. The number of hydrogen-bond acceptors (Lipinski definition) is 4. The smallest absolute Gasteiger partial charge is 0.312 e. The molecule has 10 heteroatoms. The highest BCUT2D eigenvalue weighted by molar-refractivity contribution is 7.88. The van der Waals surface area contributed by atoms with Crippen molar-refractivity contribution in [1.82, 2.24) is 14.9 Å². The number of sulfonamides is 1.